The van der Waals surface area contributed by atoms with E-state index in [1.54, 1.807) is 0 Å². The van der Waals surface area contributed by atoms with E-state index in [9.17, 15) is 4.79 Å². The molecule has 3 N–H and O–H groups in total. The first kappa shape index (κ1) is 15.7. The SMILES string of the molecule is CC(C)C(NCCN(C)C)(C(N)=O)c1ccccc1. The van der Waals surface area contributed by atoms with Gasteiger partial charge in [0.2, 0.25) is 5.91 Å². The summed E-state index contributed by atoms with van der Waals surface area (Å²) in [4.78, 5) is 14.2. The van der Waals surface area contributed by atoms with Crippen LogP contribution >= 0.6 is 0 Å². The molecule has 0 radical (unpaired) electrons. The third kappa shape index (κ3) is 3.55. The highest BCUT2D eigenvalue weighted by Gasteiger charge is 2.41. The first-order valence-electron chi connectivity index (χ1n) is 6.66. The third-order valence-corrected chi connectivity index (χ3v) is 3.45. The van der Waals surface area contributed by atoms with Gasteiger partial charge in [-0.1, -0.05) is 44.2 Å². The number of hydrogen-bond donors (Lipinski definition) is 2. The Morgan fingerprint density at radius 3 is 2.32 bits per heavy atom. The van der Waals surface area contributed by atoms with Crippen molar-refractivity contribution >= 4 is 5.91 Å². The maximum atomic E-state index is 12.1. The molecule has 19 heavy (non-hydrogen) atoms. The van der Waals surface area contributed by atoms with E-state index in [2.05, 4.69) is 10.2 Å². The summed E-state index contributed by atoms with van der Waals surface area (Å²) in [5.41, 5.74) is 5.83. The molecule has 0 bridgehead atoms. The van der Waals surface area contributed by atoms with Gasteiger partial charge in [-0.2, -0.15) is 0 Å². The van der Waals surface area contributed by atoms with Crippen LogP contribution in [0, 0.1) is 5.92 Å². The van der Waals surface area contributed by atoms with Crippen LogP contribution < -0.4 is 11.1 Å². The van der Waals surface area contributed by atoms with Gasteiger partial charge >= 0.3 is 0 Å². The number of hydrogen-bond acceptors (Lipinski definition) is 3. The Hall–Kier alpha value is -1.39. The molecule has 4 nitrogen and oxygen atoms in total. The van der Waals surface area contributed by atoms with Crippen LogP contribution in [0.15, 0.2) is 30.3 Å². The molecule has 1 aromatic rings. The van der Waals surface area contributed by atoms with Crippen LogP contribution in [0.4, 0.5) is 0 Å². The van der Waals surface area contributed by atoms with E-state index in [0.717, 1.165) is 12.1 Å². The van der Waals surface area contributed by atoms with Crippen LogP contribution in [0.2, 0.25) is 0 Å². The van der Waals surface area contributed by atoms with Crippen molar-refractivity contribution in [3.8, 4) is 0 Å². The number of primary amides is 1. The highest BCUT2D eigenvalue weighted by atomic mass is 16.1. The van der Waals surface area contributed by atoms with Crippen molar-refractivity contribution in [2.75, 3.05) is 27.2 Å². The van der Waals surface area contributed by atoms with E-state index in [0.29, 0.717) is 6.54 Å². The Balaban J connectivity index is 3.05. The van der Waals surface area contributed by atoms with Gasteiger partial charge < -0.3 is 10.6 Å². The lowest BCUT2D eigenvalue weighted by molar-refractivity contribution is -0.126. The summed E-state index contributed by atoms with van der Waals surface area (Å²) < 4.78 is 0. The molecule has 0 heterocycles. The summed E-state index contributed by atoms with van der Waals surface area (Å²) in [7, 11) is 4.01. The number of amides is 1. The van der Waals surface area contributed by atoms with Crippen LogP contribution in [0.5, 0.6) is 0 Å². The number of nitrogens with one attached hydrogen (secondary N) is 1. The zero-order valence-electron chi connectivity index (χ0n) is 12.3. The molecule has 1 aromatic carbocycles. The van der Waals surface area contributed by atoms with Crippen LogP contribution in [0.25, 0.3) is 0 Å². The third-order valence-electron chi connectivity index (χ3n) is 3.45. The summed E-state index contributed by atoms with van der Waals surface area (Å²) in [5.74, 6) is -0.248. The summed E-state index contributed by atoms with van der Waals surface area (Å²) in [6.45, 7) is 5.60. The number of benzene rings is 1. The lowest BCUT2D eigenvalue weighted by Crippen LogP contribution is -2.57. The Bertz CT molecular complexity index is 403. The minimum atomic E-state index is -0.808. The highest BCUT2D eigenvalue weighted by molar-refractivity contribution is 5.86. The fraction of sp³-hybridized carbons (Fsp3) is 0.533. The van der Waals surface area contributed by atoms with Crippen molar-refractivity contribution in [3.05, 3.63) is 35.9 Å². The molecule has 0 saturated heterocycles. The van der Waals surface area contributed by atoms with Crippen LogP contribution in [-0.2, 0) is 10.3 Å². The van der Waals surface area contributed by atoms with Gasteiger partial charge in [-0.05, 0) is 25.6 Å². The number of carbonyl (C=O) groups is 1. The fourth-order valence-corrected chi connectivity index (χ4v) is 2.33. The van der Waals surface area contributed by atoms with E-state index in [1.807, 2.05) is 58.3 Å². The molecular weight excluding hydrogens is 238 g/mol. The van der Waals surface area contributed by atoms with Crippen LogP contribution in [0.3, 0.4) is 0 Å². The van der Waals surface area contributed by atoms with Crippen molar-refractivity contribution in [1.29, 1.82) is 0 Å². The molecule has 1 atom stereocenters. The summed E-state index contributed by atoms with van der Waals surface area (Å²) >= 11 is 0. The maximum Gasteiger partial charge on any atom is 0.242 e. The molecule has 1 rings (SSSR count). The minimum absolute atomic E-state index is 0.0783. The van der Waals surface area contributed by atoms with Crippen molar-refractivity contribution in [2.24, 2.45) is 11.7 Å². The molecule has 106 valence electrons. The van der Waals surface area contributed by atoms with Crippen LogP contribution in [0.1, 0.15) is 19.4 Å². The number of nitrogens with zero attached hydrogens (tertiary/aromatic N) is 1. The van der Waals surface area contributed by atoms with Gasteiger partial charge in [0.25, 0.3) is 0 Å². The Labute approximate surface area is 116 Å². The van der Waals surface area contributed by atoms with Gasteiger partial charge in [-0.3, -0.25) is 10.1 Å². The van der Waals surface area contributed by atoms with Gasteiger partial charge in [0.1, 0.15) is 5.54 Å². The van der Waals surface area contributed by atoms with Gasteiger partial charge in [-0.15, -0.1) is 0 Å². The number of carbonyl (C=O) groups excluding carboxylic acids is 1. The monoisotopic (exact) mass is 263 g/mol. The molecule has 1 unspecified atom stereocenters. The average molecular weight is 263 g/mol. The average Bonchev–Trinajstić information content (AvgIpc) is 2.34. The first-order chi connectivity index (χ1) is 8.91. The van der Waals surface area contributed by atoms with Gasteiger partial charge in [0, 0.05) is 13.1 Å². The maximum absolute atomic E-state index is 12.1. The van der Waals surface area contributed by atoms with E-state index in [4.69, 9.17) is 5.73 Å². The highest BCUT2D eigenvalue weighted by Crippen LogP contribution is 2.29. The molecule has 1 amide bonds. The Morgan fingerprint density at radius 1 is 1.32 bits per heavy atom. The predicted octanol–water partition coefficient (Wildman–Crippen LogP) is 1.17. The quantitative estimate of drug-likeness (QED) is 0.776. The van der Waals surface area contributed by atoms with Crippen molar-refractivity contribution in [2.45, 2.75) is 19.4 Å². The second kappa shape index (κ2) is 6.68. The molecule has 4 heteroatoms. The summed E-state index contributed by atoms with van der Waals surface area (Å²) in [5, 5.41) is 3.36. The predicted molar refractivity (Wildman–Crippen MR) is 78.7 cm³/mol. The second-order valence-corrected chi connectivity index (χ2v) is 5.42. The lowest BCUT2D eigenvalue weighted by atomic mass is 9.79. The number of rotatable bonds is 7. The molecule has 0 aliphatic carbocycles. The van der Waals surface area contributed by atoms with E-state index >= 15 is 0 Å². The lowest BCUT2D eigenvalue weighted by Gasteiger charge is -2.36. The fourth-order valence-electron chi connectivity index (χ4n) is 2.33. The molecule has 0 aromatic heterocycles. The zero-order chi connectivity index (χ0) is 14.5. The largest absolute Gasteiger partial charge is 0.368 e. The summed E-state index contributed by atoms with van der Waals surface area (Å²) in [6, 6.07) is 9.71. The van der Waals surface area contributed by atoms with Crippen molar-refractivity contribution < 1.29 is 4.79 Å². The Morgan fingerprint density at radius 2 is 1.89 bits per heavy atom. The van der Waals surface area contributed by atoms with Gasteiger partial charge in [0.05, 0.1) is 0 Å². The number of nitrogens with two attached hydrogens (primary N) is 1. The molecule has 0 fully saturated rings. The van der Waals surface area contributed by atoms with E-state index in [1.165, 1.54) is 0 Å². The normalized spacial score (nSPS) is 14.6. The number of likely N-dealkylation sites (N-methyl/N-ethyl adjacent to an activating group) is 1. The van der Waals surface area contributed by atoms with Gasteiger partial charge in [0.15, 0.2) is 0 Å². The zero-order valence-corrected chi connectivity index (χ0v) is 12.3. The minimum Gasteiger partial charge on any atom is -0.368 e. The molecule has 0 aliphatic rings. The van der Waals surface area contributed by atoms with Gasteiger partial charge in [-0.25, -0.2) is 0 Å². The summed E-state index contributed by atoms with van der Waals surface area (Å²) in [6.07, 6.45) is 0. The molecular formula is C15H25N3O. The topological polar surface area (TPSA) is 58.4 Å². The standard InChI is InChI=1S/C15H25N3O/c1-12(2)15(14(16)19,17-10-11-18(3)4)13-8-6-5-7-9-13/h5-9,12,17H,10-11H2,1-4H3,(H2,16,19). The van der Waals surface area contributed by atoms with E-state index in [-0.39, 0.29) is 11.8 Å². The Kier molecular flexibility index (Phi) is 5.51. The molecule has 0 saturated carbocycles. The van der Waals surface area contributed by atoms with E-state index < -0.39 is 5.54 Å². The van der Waals surface area contributed by atoms with Crippen LogP contribution in [-0.4, -0.2) is 38.0 Å². The van der Waals surface area contributed by atoms with Crippen molar-refractivity contribution in [1.82, 2.24) is 10.2 Å². The first-order valence-corrected chi connectivity index (χ1v) is 6.66. The molecule has 0 spiro atoms. The second-order valence-electron chi connectivity index (χ2n) is 5.42. The smallest absolute Gasteiger partial charge is 0.242 e. The van der Waals surface area contributed by atoms with Crippen molar-refractivity contribution in [3.63, 3.8) is 0 Å². The molecule has 0 aliphatic heterocycles.